The van der Waals surface area contributed by atoms with Gasteiger partial charge in [0.2, 0.25) is 0 Å². The highest BCUT2D eigenvalue weighted by Crippen LogP contribution is 2.25. The number of hydrogen-bond acceptors (Lipinski definition) is 3. The van der Waals surface area contributed by atoms with Crippen molar-refractivity contribution < 1.29 is 9.90 Å². The third-order valence-corrected chi connectivity index (χ3v) is 3.26. The minimum absolute atomic E-state index is 0.126. The van der Waals surface area contributed by atoms with Crippen molar-refractivity contribution in [3.05, 3.63) is 23.9 Å². The van der Waals surface area contributed by atoms with Gasteiger partial charge >= 0.3 is 5.97 Å². The standard InChI is InChI=1S/C13H18N2O2/c1-2-4-10-7-8-15(9-10)12-6-3-5-11(14-12)13(16)17/h3,5-6,10H,2,4,7-9H2,1H3,(H,16,17). The van der Waals surface area contributed by atoms with Gasteiger partial charge in [-0.15, -0.1) is 0 Å². The first-order chi connectivity index (χ1) is 8.20. The molecule has 4 nitrogen and oxygen atoms in total. The maximum Gasteiger partial charge on any atom is 0.354 e. The minimum Gasteiger partial charge on any atom is -0.477 e. The van der Waals surface area contributed by atoms with Crippen LogP contribution in [0.1, 0.15) is 36.7 Å². The number of nitrogens with zero attached hydrogens (tertiary/aromatic N) is 2. The zero-order valence-electron chi connectivity index (χ0n) is 10.1. The van der Waals surface area contributed by atoms with E-state index in [2.05, 4.69) is 16.8 Å². The SMILES string of the molecule is CCCC1CCN(c2cccc(C(=O)O)n2)C1. The second kappa shape index (κ2) is 5.17. The van der Waals surface area contributed by atoms with Crippen molar-refractivity contribution in [3.63, 3.8) is 0 Å². The molecule has 0 amide bonds. The highest BCUT2D eigenvalue weighted by Gasteiger charge is 2.23. The van der Waals surface area contributed by atoms with Gasteiger partial charge in [0.15, 0.2) is 5.69 Å². The molecular weight excluding hydrogens is 216 g/mol. The molecule has 0 aliphatic carbocycles. The largest absolute Gasteiger partial charge is 0.477 e. The Hall–Kier alpha value is -1.58. The molecule has 0 saturated carbocycles. The molecule has 0 aromatic carbocycles. The van der Waals surface area contributed by atoms with Crippen molar-refractivity contribution in [2.24, 2.45) is 5.92 Å². The van der Waals surface area contributed by atoms with Crippen LogP contribution in [0.5, 0.6) is 0 Å². The molecule has 1 aromatic rings. The van der Waals surface area contributed by atoms with E-state index in [-0.39, 0.29) is 5.69 Å². The maximum absolute atomic E-state index is 10.9. The average Bonchev–Trinajstić information content (AvgIpc) is 2.78. The third-order valence-electron chi connectivity index (χ3n) is 3.26. The van der Waals surface area contributed by atoms with Crippen molar-refractivity contribution in [3.8, 4) is 0 Å². The molecule has 4 heteroatoms. The van der Waals surface area contributed by atoms with E-state index in [0.717, 1.165) is 24.8 Å². The highest BCUT2D eigenvalue weighted by atomic mass is 16.4. The molecule has 0 radical (unpaired) electrons. The summed E-state index contributed by atoms with van der Waals surface area (Å²) < 4.78 is 0. The van der Waals surface area contributed by atoms with Crippen molar-refractivity contribution in [1.29, 1.82) is 0 Å². The van der Waals surface area contributed by atoms with E-state index < -0.39 is 5.97 Å². The van der Waals surface area contributed by atoms with Gasteiger partial charge in [-0.3, -0.25) is 0 Å². The predicted molar refractivity (Wildman–Crippen MR) is 66.4 cm³/mol. The van der Waals surface area contributed by atoms with Crippen molar-refractivity contribution >= 4 is 11.8 Å². The molecule has 0 spiro atoms. The molecule has 1 aliphatic rings. The van der Waals surface area contributed by atoms with Crippen LogP contribution in [0.2, 0.25) is 0 Å². The van der Waals surface area contributed by atoms with Crippen LogP contribution in [-0.2, 0) is 0 Å². The summed E-state index contributed by atoms with van der Waals surface area (Å²) in [7, 11) is 0. The predicted octanol–water partition coefficient (Wildman–Crippen LogP) is 2.41. The fourth-order valence-electron chi connectivity index (χ4n) is 2.40. The van der Waals surface area contributed by atoms with Gasteiger partial charge in [-0.1, -0.05) is 19.4 Å². The van der Waals surface area contributed by atoms with E-state index >= 15 is 0 Å². The summed E-state index contributed by atoms with van der Waals surface area (Å²) >= 11 is 0. The molecule has 92 valence electrons. The lowest BCUT2D eigenvalue weighted by Crippen LogP contribution is -2.21. The lowest BCUT2D eigenvalue weighted by Gasteiger charge is -2.17. The summed E-state index contributed by atoms with van der Waals surface area (Å²) in [6.45, 7) is 4.19. The van der Waals surface area contributed by atoms with Crippen LogP contribution in [-0.4, -0.2) is 29.1 Å². The van der Waals surface area contributed by atoms with Gasteiger partial charge in [-0.2, -0.15) is 0 Å². The Morgan fingerprint density at radius 1 is 1.59 bits per heavy atom. The van der Waals surface area contributed by atoms with Crippen LogP contribution >= 0.6 is 0 Å². The lowest BCUT2D eigenvalue weighted by molar-refractivity contribution is 0.0690. The normalized spacial score (nSPS) is 19.6. The van der Waals surface area contributed by atoms with Crippen LogP contribution in [0, 0.1) is 5.92 Å². The van der Waals surface area contributed by atoms with E-state index in [1.165, 1.54) is 25.3 Å². The first-order valence-corrected chi connectivity index (χ1v) is 6.16. The summed E-state index contributed by atoms with van der Waals surface area (Å²) in [5.74, 6) is 0.565. The Kier molecular flexibility index (Phi) is 3.61. The number of carboxylic acid groups (broad SMARTS) is 1. The van der Waals surface area contributed by atoms with Crippen LogP contribution in [0.25, 0.3) is 0 Å². The molecule has 17 heavy (non-hydrogen) atoms. The second-order valence-corrected chi connectivity index (χ2v) is 4.58. The first kappa shape index (κ1) is 11.9. The molecule has 1 saturated heterocycles. The van der Waals surface area contributed by atoms with Crippen LogP contribution in [0.3, 0.4) is 0 Å². The van der Waals surface area contributed by atoms with E-state index in [1.54, 1.807) is 6.07 Å². The Labute approximate surface area is 101 Å². The van der Waals surface area contributed by atoms with Crippen LogP contribution < -0.4 is 4.90 Å². The summed E-state index contributed by atoms with van der Waals surface area (Å²) in [6.07, 6.45) is 3.64. The monoisotopic (exact) mass is 234 g/mol. The van der Waals surface area contributed by atoms with Crippen LogP contribution in [0.15, 0.2) is 18.2 Å². The summed E-state index contributed by atoms with van der Waals surface area (Å²) in [4.78, 5) is 17.2. The maximum atomic E-state index is 10.9. The molecule has 0 bridgehead atoms. The highest BCUT2D eigenvalue weighted by molar-refractivity contribution is 5.85. The molecular formula is C13H18N2O2. The Morgan fingerprint density at radius 2 is 2.41 bits per heavy atom. The molecule has 1 atom stereocenters. The van der Waals surface area contributed by atoms with Gasteiger partial charge in [0.05, 0.1) is 0 Å². The molecule has 1 N–H and O–H groups in total. The van der Waals surface area contributed by atoms with E-state index in [0.29, 0.717) is 0 Å². The van der Waals surface area contributed by atoms with Gasteiger partial charge < -0.3 is 10.0 Å². The molecule has 1 aliphatic heterocycles. The molecule has 1 fully saturated rings. The zero-order valence-corrected chi connectivity index (χ0v) is 10.1. The number of pyridine rings is 1. The van der Waals surface area contributed by atoms with E-state index in [1.807, 2.05) is 6.07 Å². The van der Waals surface area contributed by atoms with Gasteiger partial charge in [0.1, 0.15) is 5.82 Å². The quantitative estimate of drug-likeness (QED) is 0.869. The van der Waals surface area contributed by atoms with E-state index in [4.69, 9.17) is 5.11 Å². The molecule has 1 unspecified atom stereocenters. The number of carboxylic acids is 1. The van der Waals surface area contributed by atoms with Crippen molar-refractivity contribution in [2.45, 2.75) is 26.2 Å². The first-order valence-electron chi connectivity index (χ1n) is 6.16. The minimum atomic E-state index is -0.962. The lowest BCUT2D eigenvalue weighted by atomic mass is 10.0. The molecule has 1 aromatic heterocycles. The fourth-order valence-corrected chi connectivity index (χ4v) is 2.40. The fraction of sp³-hybridized carbons (Fsp3) is 0.538. The number of aromatic nitrogens is 1. The van der Waals surface area contributed by atoms with Gasteiger partial charge in [-0.25, -0.2) is 9.78 Å². The number of hydrogen-bond donors (Lipinski definition) is 1. The van der Waals surface area contributed by atoms with Gasteiger partial charge in [-0.05, 0) is 30.9 Å². The van der Waals surface area contributed by atoms with Crippen LogP contribution in [0.4, 0.5) is 5.82 Å². The average molecular weight is 234 g/mol. The van der Waals surface area contributed by atoms with Gasteiger partial charge in [0, 0.05) is 13.1 Å². The summed E-state index contributed by atoms with van der Waals surface area (Å²) in [5, 5.41) is 8.91. The van der Waals surface area contributed by atoms with E-state index in [9.17, 15) is 4.79 Å². The number of anilines is 1. The molecule has 2 heterocycles. The number of aromatic carboxylic acids is 1. The smallest absolute Gasteiger partial charge is 0.354 e. The Morgan fingerprint density at radius 3 is 3.12 bits per heavy atom. The third kappa shape index (κ3) is 2.75. The summed E-state index contributed by atoms with van der Waals surface area (Å²) in [5.41, 5.74) is 0.126. The zero-order chi connectivity index (χ0) is 12.3. The number of carbonyl (C=O) groups is 1. The summed E-state index contributed by atoms with van der Waals surface area (Å²) in [6, 6.07) is 5.19. The Bertz CT molecular complexity index is 406. The topological polar surface area (TPSA) is 53.4 Å². The number of rotatable bonds is 4. The second-order valence-electron chi connectivity index (χ2n) is 4.58. The van der Waals surface area contributed by atoms with Crippen molar-refractivity contribution in [2.75, 3.05) is 18.0 Å². The van der Waals surface area contributed by atoms with Crippen molar-refractivity contribution in [1.82, 2.24) is 4.98 Å². The van der Waals surface area contributed by atoms with Gasteiger partial charge in [0.25, 0.3) is 0 Å². The molecule has 2 rings (SSSR count). The Balaban J connectivity index is 2.08.